The van der Waals surface area contributed by atoms with Crippen LogP contribution in [0.5, 0.6) is 5.88 Å². The summed E-state index contributed by atoms with van der Waals surface area (Å²) in [6.07, 6.45) is 3.18. The summed E-state index contributed by atoms with van der Waals surface area (Å²) in [5.41, 5.74) is 7.98. The van der Waals surface area contributed by atoms with Crippen molar-refractivity contribution in [2.75, 3.05) is 18.6 Å². The first-order valence-corrected chi connectivity index (χ1v) is 6.31. The van der Waals surface area contributed by atoms with E-state index in [1.54, 1.807) is 7.11 Å². The van der Waals surface area contributed by atoms with E-state index in [-0.39, 0.29) is 0 Å². The molecule has 4 heteroatoms. The molecule has 1 aromatic heterocycles. The van der Waals surface area contributed by atoms with Gasteiger partial charge in [-0.3, -0.25) is 0 Å². The van der Waals surface area contributed by atoms with Gasteiger partial charge < -0.3 is 10.5 Å². The molecule has 0 aliphatic carbocycles. The summed E-state index contributed by atoms with van der Waals surface area (Å²) in [4.78, 5) is 4.30. The lowest BCUT2D eigenvalue weighted by atomic mass is 9.99. The van der Waals surface area contributed by atoms with E-state index in [1.807, 2.05) is 18.0 Å². The number of hydrogen-bond acceptors (Lipinski definition) is 4. The Balaban J connectivity index is 2.25. The van der Waals surface area contributed by atoms with Crippen LogP contribution >= 0.6 is 11.8 Å². The zero-order chi connectivity index (χ0) is 10.7. The van der Waals surface area contributed by atoms with Gasteiger partial charge in [0.25, 0.3) is 0 Å². The molecule has 15 heavy (non-hydrogen) atoms. The lowest BCUT2D eigenvalue weighted by Crippen LogP contribution is -2.05. The normalized spacial score (nSPS) is 20.5. The van der Waals surface area contributed by atoms with Gasteiger partial charge in [-0.2, -0.15) is 11.8 Å². The lowest BCUT2D eigenvalue weighted by molar-refractivity contribution is 0.392. The highest BCUT2D eigenvalue weighted by atomic mass is 32.2. The minimum Gasteiger partial charge on any atom is -0.481 e. The first kappa shape index (κ1) is 10.8. The zero-order valence-corrected chi connectivity index (χ0v) is 9.72. The molecule has 1 atom stereocenters. The fraction of sp³-hybridized carbons (Fsp3) is 0.545. The number of methoxy groups -OCH3 is 1. The summed E-state index contributed by atoms with van der Waals surface area (Å²) in [6, 6.07) is 2.14. The molecule has 1 fully saturated rings. The SMILES string of the molecule is COc1ncc(C2CCSC2)cc1CN. The van der Waals surface area contributed by atoms with Crippen LogP contribution in [0, 0.1) is 0 Å². The molecule has 1 aromatic rings. The van der Waals surface area contributed by atoms with E-state index in [2.05, 4.69) is 11.1 Å². The summed E-state index contributed by atoms with van der Waals surface area (Å²) in [7, 11) is 1.63. The molecule has 0 radical (unpaired) electrons. The Morgan fingerprint density at radius 2 is 2.53 bits per heavy atom. The van der Waals surface area contributed by atoms with E-state index in [0.717, 1.165) is 5.56 Å². The molecule has 1 saturated heterocycles. The monoisotopic (exact) mass is 224 g/mol. The Labute approximate surface area is 94.4 Å². The van der Waals surface area contributed by atoms with Crippen LogP contribution in [-0.4, -0.2) is 23.6 Å². The molecule has 2 heterocycles. The Morgan fingerprint density at radius 3 is 3.13 bits per heavy atom. The molecule has 2 rings (SSSR count). The van der Waals surface area contributed by atoms with Crippen molar-refractivity contribution in [3.05, 3.63) is 23.4 Å². The number of pyridine rings is 1. The van der Waals surface area contributed by atoms with Gasteiger partial charge in [0.15, 0.2) is 0 Å². The highest BCUT2D eigenvalue weighted by molar-refractivity contribution is 7.99. The minimum atomic E-state index is 0.490. The predicted molar refractivity (Wildman–Crippen MR) is 63.4 cm³/mol. The minimum absolute atomic E-state index is 0.490. The van der Waals surface area contributed by atoms with Crippen LogP contribution in [0.4, 0.5) is 0 Å². The molecule has 3 nitrogen and oxygen atoms in total. The first-order valence-electron chi connectivity index (χ1n) is 5.15. The lowest BCUT2D eigenvalue weighted by Gasteiger charge is -2.11. The number of ether oxygens (including phenoxy) is 1. The van der Waals surface area contributed by atoms with E-state index < -0.39 is 0 Å². The maximum atomic E-state index is 5.67. The van der Waals surface area contributed by atoms with Gasteiger partial charge in [-0.05, 0) is 29.7 Å². The van der Waals surface area contributed by atoms with Crippen molar-refractivity contribution in [1.82, 2.24) is 4.98 Å². The van der Waals surface area contributed by atoms with Gasteiger partial charge in [0.05, 0.1) is 7.11 Å². The molecule has 1 aliphatic rings. The van der Waals surface area contributed by atoms with Gasteiger partial charge in [-0.25, -0.2) is 4.98 Å². The average Bonchev–Trinajstić information content (AvgIpc) is 2.81. The number of aromatic nitrogens is 1. The van der Waals surface area contributed by atoms with Gasteiger partial charge in [-0.1, -0.05) is 0 Å². The number of thioether (sulfide) groups is 1. The number of rotatable bonds is 3. The molecular weight excluding hydrogens is 208 g/mol. The van der Waals surface area contributed by atoms with Crippen LogP contribution in [0.25, 0.3) is 0 Å². The Morgan fingerprint density at radius 1 is 1.67 bits per heavy atom. The molecule has 1 unspecified atom stereocenters. The number of nitrogens with two attached hydrogens (primary N) is 1. The molecule has 0 saturated carbocycles. The van der Waals surface area contributed by atoms with Crippen molar-refractivity contribution >= 4 is 11.8 Å². The van der Waals surface area contributed by atoms with Crippen LogP contribution in [0.1, 0.15) is 23.5 Å². The van der Waals surface area contributed by atoms with Gasteiger partial charge >= 0.3 is 0 Å². The topological polar surface area (TPSA) is 48.1 Å². The second kappa shape index (κ2) is 4.86. The second-order valence-electron chi connectivity index (χ2n) is 3.70. The standard InChI is InChI=1S/C11H16N2OS/c1-14-11-9(5-12)4-10(6-13-11)8-2-3-15-7-8/h4,6,8H,2-3,5,7,12H2,1H3. The van der Waals surface area contributed by atoms with E-state index >= 15 is 0 Å². The third-order valence-electron chi connectivity index (χ3n) is 2.76. The maximum Gasteiger partial charge on any atom is 0.217 e. The number of hydrogen-bond donors (Lipinski definition) is 1. The predicted octanol–water partition coefficient (Wildman–Crippen LogP) is 1.77. The molecule has 0 spiro atoms. The van der Waals surface area contributed by atoms with E-state index in [9.17, 15) is 0 Å². The summed E-state index contributed by atoms with van der Waals surface area (Å²) in [5, 5.41) is 0. The van der Waals surface area contributed by atoms with Crippen LogP contribution in [0.3, 0.4) is 0 Å². The smallest absolute Gasteiger partial charge is 0.217 e. The summed E-state index contributed by atoms with van der Waals surface area (Å²) >= 11 is 2.01. The fourth-order valence-electron chi connectivity index (χ4n) is 1.87. The third kappa shape index (κ3) is 2.26. The zero-order valence-electron chi connectivity index (χ0n) is 8.90. The van der Waals surface area contributed by atoms with E-state index in [0.29, 0.717) is 18.3 Å². The Hall–Kier alpha value is -0.740. The molecule has 0 amide bonds. The van der Waals surface area contributed by atoms with Crippen LogP contribution in [-0.2, 0) is 6.54 Å². The van der Waals surface area contributed by atoms with Crippen molar-refractivity contribution < 1.29 is 4.74 Å². The third-order valence-corrected chi connectivity index (χ3v) is 3.92. The maximum absolute atomic E-state index is 5.67. The van der Waals surface area contributed by atoms with Gasteiger partial charge in [0.1, 0.15) is 0 Å². The van der Waals surface area contributed by atoms with Crippen molar-refractivity contribution in [2.45, 2.75) is 18.9 Å². The molecule has 0 aromatic carbocycles. The average molecular weight is 224 g/mol. The summed E-state index contributed by atoms with van der Waals surface area (Å²) in [6.45, 7) is 0.490. The molecule has 1 aliphatic heterocycles. The largest absolute Gasteiger partial charge is 0.481 e. The number of nitrogens with zero attached hydrogens (tertiary/aromatic N) is 1. The highest BCUT2D eigenvalue weighted by Gasteiger charge is 2.19. The highest BCUT2D eigenvalue weighted by Crippen LogP contribution is 2.33. The quantitative estimate of drug-likeness (QED) is 0.850. The molecule has 82 valence electrons. The van der Waals surface area contributed by atoms with Gasteiger partial charge in [0, 0.05) is 24.1 Å². The van der Waals surface area contributed by atoms with Gasteiger partial charge in [0.2, 0.25) is 5.88 Å². The van der Waals surface area contributed by atoms with Crippen molar-refractivity contribution in [3.8, 4) is 5.88 Å². The molecule has 0 bridgehead atoms. The summed E-state index contributed by atoms with van der Waals surface area (Å²) in [5.74, 6) is 3.78. The van der Waals surface area contributed by atoms with Crippen molar-refractivity contribution in [2.24, 2.45) is 5.73 Å². The van der Waals surface area contributed by atoms with Gasteiger partial charge in [-0.15, -0.1) is 0 Å². The first-order chi connectivity index (χ1) is 7.35. The van der Waals surface area contributed by atoms with E-state index in [1.165, 1.54) is 23.5 Å². The second-order valence-corrected chi connectivity index (χ2v) is 4.85. The molecule has 2 N–H and O–H groups in total. The summed E-state index contributed by atoms with van der Waals surface area (Å²) < 4.78 is 5.16. The van der Waals surface area contributed by atoms with Crippen LogP contribution in [0.15, 0.2) is 12.3 Å². The fourth-order valence-corrected chi connectivity index (χ4v) is 3.13. The van der Waals surface area contributed by atoms with Crippen LogP contribution in [0.2, 0.25) is 0 Å². The van der Waals surface area contributed by atoms with E-state index in [4.69, 9.17) is 10.5 Å². The molecular formula is C11H16N2OS. The Kier molecular flexibility index (Phi) is 3.49. The Bertz CT molecular complexity index is 337. The van der Waals surface area contributed by atoms with Crippen molar-refractivity contribution in [3.63, 3.8) is 0 Å². The van der Waals surface area contributed by atoms with Crippen LogP contribution < -0.4 is 10.5 Å². The van der Waals surface area contributed by atoms with Crippen molar-refractivity contribution in [1.29, 1.82) is 0 Å².